The van der Waals surface area contributed by atoms with E-state index in [0.717, 1.165) is 56.1 Å². The second-order valence-corrected chi connectivity index (χ2v) is 9.93. The normalized spacial score (nSPS) is 25.8. The zero-order valence-corrected chi connectivity index (χ0v) is 19.2. The van der Waals surface area contributed by atoms with Crippen molar-refractivity contribution in [3.05, 3.63) is 35.0 Å². The van der Waals surface area contributed by atoms with Crippen LogP contribution in [0.3, 0.4) is 0 Å². The summed E-state index contributed by atoms with van der Waals surface area (Å²) in [6, 6.07) is 7.45. The topological polar surface area (TPSA) is 91.2 Å². The summed E-state index contributed by atoms with van der Waals surface area (Å²) in [6.45, 7) is 6.25. The summed E-state index contributed by atoms with van der Waals surface area (Å²) in [7, 11) is 0. The summed E-state index contributed by atoms with van der Waals surface area (Å²) in [6.07, 6.45) is 4.85. The van der Waals surface area contributed by atoms with Gasteiger partial charge in [0.1, 0.15) is 5.54 Å². The third kappa shape index (κ3) is 4.52. The first-order valence-corrected chi connectivity index (χ1v) is 11.8. The number of piperidine rings is 1. The van der Waals surface area contributed by atoms with Gasteiger partial charge in [0.15, 0.2) is 0 Å². The molecule has 2 heterocycles. The molecule has 1 aliphatic carbocycles. The van der Waals surface area contributed by atoms with E-state index in [2.05, 4.69) is 29.0 Å². The van der Waals surface area contributed by atoms with Crippen molar-refractivity contribution in [2.45, 2.75) is 70.0 Å². The van der Waals surface area contributed by atoms with Crippen molar-refractivity contribution in [1.82, 2.24) is 15.2 Å². The van der Waals surface area contributed by atoms with E-state index >= 15 is 0 Å². The minimum atomic E-state index is -1.10. The Hall–Kier alpha value is -1.89. The Morgan fingerprint density at radius 3 is 2.65 bits per heavy atom. The molecule has 4 N–H and O–H groups in total. The fourth-order valence-electron chi connectivity index (χ4n) is 5.11. The Bertz CT molecular complexity index is 964. The number of aromatic amines is 1. The average molecular weight is 445 g/mol. The van der Waals surface area contributed by atoms with Gasteiger partial charge in [-0.15, -0.1) is 0 Å². The first-order valence-electron chi connectivity index (χ1n) is 11.4. The molecule has 7 heteroatoms. The number of hydrogen-bond donors (Lipinski definition) is 3. The number of halogens is 1. The molecule has 31 heavy (non-hydrogen) atoms. The van der Waals surface area contributed by atoms with Crippen molar-refractivity contribution in [2.24, 2.45) is 11.7 Å². The minimum Gasteiger partial charge on any atom is -0.352 e. The van der Waals surface area contributed by atoms with Gasteiger partial charge in [-0.25, -0.2) is 0 Å². The first-order chi connectivity index (χ1) is 14.8. The van der Waals surface area contributed by atoms with Crippen LogP contribution < -0.4 is 11.1 Å². The highest BCUT2D eigenvalue weighted by atomic mass is 35.5. The molecule has 0 bridgehead atoms. The Balaban J connectivity index is 1.49. The summed E-state index contributed by atoms with van der Waals surface area (Å²) in [5.74, 6) is -0.104. The van der Waals surface area contributed by atoms with Crippen LogP contribution in [-0.4, -0.2) is 52.3 Å². The predicted molar refractivity (Wildman–Crippen MR) is 124 cm³/mol. The van der Waals surface area contributed by atoms with Gasteiger partial charge in [-0.05, 0) is 76.9 Å². The number of aromatic nitrogens is 1. The van der Waals surface area contributed by atoms with E-state index in [9.17, 15) is 9.59 Å². The predicted octanol–water partition coefficient (Wildman–Crippen LogP) is 3.88. The number of ketones is 1. The first kappa shape index (κ1) is 22.3. The number of benzene rings is 1. The molecule has 168 valence electrons. The molecule has 6 nitrogen and oxygen atoms in total. The number of nitrogens with zero attached hydrogens (tertiary/aromatic N) is 1. The summed E-state index contributed by atoms with van der Waals surface area (Å²) in [5, 5.41) is 4.69. The van der Waals surface area contributed by atoms with Crippen molar-refractivity contribution < 1.29 is 9.59 Å². The van der Waals surface area contributed by atoms with Crippen LogP contribution in [0.25, 0.3) is 10.9 Å². The Morgan fingerprint density at radius 1 is 1.19 bits per heavy atom. The number of nitrogens with two attached hydrogens (primary N) is 1. The van der Waals surface area contributed by atoms with Crippen LogP contribution in [0, 0.1) is 5.92 Å². The molecule has 1 aromatic heterocycles. The molecule has 0 radical (unpaired) electrons. The maximum atomic E-state index is 13.5. The van der Waals surface area contributed by atoms with Crippen LogP contribution in [0.15, 0.2) is 24.3 Å². The molecule has 1 aliphatic heterocycles. The highest BCUT2D eigenvalue weighted by Gasteiger charge is 2.45. The molecule has 1 saturated heterocycles. The number of H-pyrrole nitrogens is 1. The van der Waals surface area contributed by atoms with Gasteiger partial charge in [0, 0.05) is 27.9 Å². The molecule has 2 fully saturated rings. The number of amides is 1. The van der Waals surface area contributed by atoms with Crippen LogP contribution in [0.4, 0.5) is 0 Å². The molecule has 2 aromatic rings. The van der Waals surface area contributed by atoms with E-state index < -0.39 is 5.54 Å². The van der Waals surface area contributed by atoms with E-state index in [1.165, 1.54) is 0 Å². The lowest BCUT2D eigenvalue weighted by atomic mass is 9.74. The number of nitrogens with one attached hydrogen (secondary N) is 2. The smallest absolute Gasteiger partial charge is 0.223 e. The maximum absolute atomic E-state index is 13.5. The van der Waals surface area contributed by atoms with E-state index in [4.69, 9.17) is 17.3 Å². The standard InChI is InChI=1S/C24H33ClN4O2/c1-15(2)29-11-8-16(9-12-29)23(31)28-21-5-3-4-10-24(21,26)22(30)20-14-17-13-18(25)6-7-19(17)27-20/h6-7,13-16,21,27H,3-5,8-12,26H2,1-2H3,(H,28,31). The molecule has 2 unspecified atom stereocenters. The van der Waals surface area contributed by atoms with Crippen LogP contribution in [0.1, 0.15) is 62.9 Å². The van der Waals surface area contributed by atoms with Crippen molar-refractivity contribution in [3.8, 4) is 0 Å². The molecule has 0 spiro atoms. The fraction of sp³-hybridized carbons (Fsp3) is 0.583. The Morgan fingerprint density at radius 2 is 1.94 bits per heavy atom. The van der Waals surface area contributed by atoms with Gasteiger partial charge in [-0.3, -0.25) is 9.59 Å². The largest absolute Gasteiger partial charge is 0.352 e. The quantitative estimate of drug-likeness (QED) is 0.610. The molecular formula is C24H33ClN4O2. The lowest BCUT2D eigenvalue weighted by Gasteiger charge is -2.41. The summed E-state index contributed by atoms with van der Waals surface area (Å²) in [4.78, 5) is 32.2. The lowest BCUT2D eigenvalue weighted by Crippen LogP contribution is -2.65. The summed E-state index contributed by atoms with van der Waals surface area (Å²) in [5.41, 5.74) is 6.98. The number of likely N-dealkylation sites (tertiary alicyclic amines) is 1. The molecule has 2 atom stereocenters. The third-order valence-electron chi connectivity index (χ3n) is 7.15. The SMILES string of the molecule is CC(C)N1CCC(C(=O)NC2CCCCC2(N)C(=O)c2cc3cc(Cl)ccc3[nH]2)CC1. The van der Waals surface area contributed by atoms with Crippen molar-refractivity contribution in [1.29, 1.82) is 0 Å². The molecule has 2 aliphatic rings. The number of carbonyl (C=O) groups is 2. The monoisotopic (exact) mass is 444 g/mol. The third-order valence-corrected chi connectivity index (χ3v) is 7.39. The number of Topliss-reactive ketones (excluding diaryl/α,β-unsaturated/α-hetero) is 1. The fourth-order valence-corrected chi connectivity index (χ4v) is 5.30. The second-order valence-electron chi connectivity index (χ2n) is 9.50. The zero-order chi connectivity index (χ0) is 22.2. The highest BCUT2D eigenvalue weighted by molar-refractivity contribution is 6.31. The number of fused-ring (bicyclic) bond motifs is 1. The summed E-state index contributed by atoms with van der Waals surface area (Å²) < 4.78 is 0. The highest BCUT2D eigenvalue weighted by Crippen LogP contribution is 2.32. The van der Waals surface area contributed by atoms with E-state index in [-0.39, 0.29) is 23.7 Å². The maximum Gasteiger partial charge on any atom is 0.223 e. The van der Waals surface area contributed by atoms with Gasteiger partial charge in [-0.1, -0.05) is 24.4 Å². The second kappa shape index (κ2) is 8.93. The van der Waals surface area contributed by atoms with E-state index in [0.29, 0.717) is 23.2 Å². The van der Waals surface area contributed by atoms with E-state index in [1.54, 1.807) is 6.07 Å². The van der Waals surface area contributed by atoms with Crippen LogP contribution in [-0.2, 0) is 4.79 Å². The number of carbonyl (C=O) groups excluding carboxylic acids is 2. The van der Waals surface area contributed by atoms with Gasteiger partial charge in [0.25, 0.3) is 0 Å². The van der Waals surface area contributed by atoms with Gasteiger partial charge in [-0.2, -0.15) is 0 Å². The summed E-state index contributed by atoms with van der Waals surface area (Å²) >= 11 is 6.09. The van der Waals surface area contributed by atoms with Gasteiger partial charge in [0.2, 0.25) is 11.7 Å². The molecular weight excluding hydrogens is 412 g/mol. The number of hydrogen-bond acceptors (Lipinski definition) is 4. The van der Waals surface area contributed by atoms with Crippen LogP contribution >= 0.6 is 11.6 Å². The Labute approximate surface area is 188 Å². The van der Waals surface area contributed by atoms with Gasteiger partial charge < -0.3 is 20.9 Å². The zero-order valence-electron chi connectivity index (χ0n) is 18.4. The molecule has 1 aromatic carbocycles. The Kier molecular flexibility index (Phi) is 6.42. The van der Waals surface area contributed by atoms with Crippen molar-refractivity contribution in [2.75, 3.05) is 13.1 Å². The number of rotatable bonds is 5. The van der Waals surface area contributed by atoms with Crippen molar-refractivity contribution in [3.63, 3.8) is 0 Å². The molecule has 1 saturated carbocycles. The van der Waals surface area contributed by atoms with Crippen molar-refractivity contribution >= 4 is 34.2 Å². The van der Waals surface area contributed by atoms with Gasteiger partial charge in [0.05, 0.1) is 11.7 Å². The van der Waals surface area contributed by atoms with E-state index in [1.807, 2.05) is 18.2 Å². The molecule has 1 amide bonds. The molecule has 4 rings (SSSR count). The average Bonchev–Trinajstić information content (AvgIpc) is 3.18. The van der Waals surface area contributed by atoms with Gasteiger partial charge >= 0.3 is 0 Å². The lowest BCUT2D eigenvalue weighted by molar-refractivity contribution is -0.127. The van der Waals surface area contributed by atoms with Crippen LogP contribution in [0.5, 0.6) is 0 Å². The van der Waals surface area contributed by atoms with Crippen LogP contribution in [0.2, 0.25) is 5.02 Å². The minimum absolute atomic E-state index is 0.00787.